The molecule has 1 fully saturated rings. The molecule has 0 radical (unpaired) electrons. The van der Waals surface area contributed by atoms with Crippen LogP contribution in [0.25, 0.3) is 0 Å². The van der Waals surface area contributed by atoms with Crippen LogP contribution < -0.4 is 5.73 Å². The van der Waals surface area contributed by atoms with Crippen LogP contribution in [0.2, 0.25) is 5.02 Å². The maximum Gasteiger partial charge on any atom is 0.253 e. The summed E-state index contributed by atoms with van der Waals surface area (Å²) in [7, 11) is 0. The first-order valence-electron chi connectivity index (χ1n) is 7.46. The Balaban J connectivity index is 2.03. The van der Waals surface area contributed by atoms with Crippen molar-refractivity contribution in [3.8, 4) is 0 Å². The van der Waals surface area contributed by atoms with E-state index in [2.05, 4.69) is 6.92 Å². The Kier molecular flexibility index (Phi) is 5.30. The van der Waals surface area contributed by atoms with Gasteiger partial charge in [0.1, 0.15) is 0 Å². The lowest BCUT2D eigenvalue weighted by Gasteiger charge is -2.21. The zero-order valence-corrected chi connectivity index (χ0v) is 12.8. The lowest BCUT2D eigenvalue weighted by atomic mass is 9.96. The van der Waals surface area contributed by atoms with Crippen LogP contribution in [0, 0.1) is 5.92 Å². The van der Waals surface area contributed by atoms with Crippen molar-refractivity contribution in [3.63, 3.8) is 0 Å². The molecule has 0 saturated carbocycles. The van der Waals surface area contributed by atoms with Gasteiger partial charge in [-0.1, -0.05) is 31.4 Å². The third kappa shape index (κ3) is 3.66. The van der Waals surface area contributed by atoms with Gasteiger partial charge in [-0.3, -0.25) is 4.79 Å². The third-order valence-corrected chi connectivity index (χ3v) is 4.41. The summed E-state index contributed by atoms with van der Waals surface area (Å²) in [5.74, 6) is 0.844. The Bertz CT molecular complexity index is 476. The number of nitrogens with zero attached hydrogens (tertiary/aromatic N) is 1. The maximum atomic E-state index is 12.5. The number of rotatable bonds is 3. The molecule has 2 N–H and O–H groups in total. The van der Waals surface area contributed by atoms with Crippen molar-refractivity contribution >= 4 is 23.2 Å². The quantitative estimate of drug-likeness (QED) is 0.858. The predicted molar refractivity (Wildman–Crippen MR) is 84.0 cm³/mol. The highest BCUT2D eigenvalue weighted by Gasteiger charge is 2.21. The van der Waals surface area contributed by atoms with Crippen LogP contribution in [0.1, 0.15) is 49.4 Å². The van der Waals surface area contributed by atoms with Gasteiger partial charge in [0.2, 0.25) is 0 Å². The van der Waals surface area contributed by atoms with E-state index in [-0.39, 0.29) is 5.91 Å². The van der Waals surface area contributed by atoms with Crippen molar-refractivity contribution in [2.75, 3.05) is 18.8 Å². The van der Waals surface area contributed by atoms with Crippen LogP contribution in [0.15, 0.2) is 18.2 Å². The normalized spacial score (nSPS) is 19.7. The molecule has 1 aromatic carbocycles. The Labute approximate surface area is 126 Å². The zero-order valence-electron chi connectivity index (χ0n) is 12.1. The molecular formula is C16H23ClN2O. The van der Waals surface area contributed by atoms with Crippen LogP contribution in [0.5, 0.6) is 0 Å². The highest BCUT2D eigenvalue weighted by molar-refractivity contribution is 6.33. The molecule has 1 aromatic rings. The van der Waals surface area contributed by atoms with Crippen LogP contribution >= 0.6 is 11.6 Å². The molecule has 1 saturated heterocycles. The lowest BCUT2D eigenvalue weighted by Crippen LogP contribution is -2.32. The number of hydrogen-bond acceptors (Lipinski definition) is 2. The minimum atomic E-state index is 0.0732. The Morgan fingerprint density at radius 3 is 2.90 bits per heavy atom. The van der Waals surface area contributed by atoms with Crippen LogP contribution in [0.3, 0.4) is 0 Å². The molecule has 20 heavy (non-hydrogen) atoms. The number of carbonyl (C=O) groups excluding carboxylic acids is 1. The van der Waals surface area contributed by atoms with Crippen LogP contribution in [0.4, 0.5) is 5.69 Å². The lowest BCUT2D eigenvalue weighted by molar-refractivity contribution is 0.0760. The molecule has 3 nitrogen and oxygen atoms in total. The van der Waals surface area contributed by atoms with Crippen molar-refractivity contribution in [2.45, 2.75) is 39.0 Å². The molecule has 110 valence electrons. The van der Waals surface area contributed by atoms with Crippen molar-refractivity contribution in [3.05, 3.63) is 28.8 Å². The van der Waals surface area contributed by atoms with Gasteiger partial charge in [0.25, 0.3) is 5.91 Å². The van der Waals surface area contributed by atoms with E-state index < -0.39 is 0 Å². The average molecular weight is 295 g/mol. The minimum Gasteiger partial charge on any atom is -0.398 e. The molecule has 0 aliphatic carbocycles. The first-order chi connectivity index (χ1) is 9.61. The van der Waals surface area contributed by atoms with Gasteiger partial charge in [0.15, 0.2) is 0 Å². The molecule has 1 aliphatic rings. The number of carbonyl (C=O) groups is 1. The summed E-state index contributed by atoms with van der Waals surface area (Å²) in [6, 6.07) is 5.14. The second-order valence-electron chi connectivity index (χ2n) is 5.61. The van der Waals surface area contributed by atoms with Crippen LogP contribution in [-0.4, -0.2) is 23.9 Å². The highest BCUT2D eigenvalue weighted by atomic mass is 35.5. The van der Waals surface area contributed by atoms with Crippen molar-refractivity contribution in [1.29, 1.82) is 0 Å². The summed E-state index contributed by atoms with van der Waals surface area (Å²) in [4.78, 5) is 14.5. The Morgan fingerprint density at radius 1 is 1.40 bits per heavy atom. The largest absolute Gasteiger partial charge is 0.398 e. The summed E-state index contributed by atoms with van der Waals surface area (Å²) in [6.45, 7) is 3.93. The molecule has 0 bridgehead atoms. The maximum absolute atomic E-state index is 12.5. The van der Waals surface area contributed by atoms with Gasteiger partial charge < -0.3 is 10.6 Å². The standard InChI is InChI=1S/C16H23ClN2O/c1-2-4-12-5-3-9-19(10-8-12)16(20)13-6-7-15(18)14(17)11-13/h6-7,11-12H,2-5,8-10,18H2,1H3. The van der Waals surface area contributed by atoms with Gasteiger partial charge in [0.05, 0.1) is 10.7 Å². The molecule has 0 spiro atoms. The molecule has 1 heterocycles. The number of hydrogen-bond donors (Lipinski definition) is 1. The molecule has 0 aromatic heterocycles. The van der Waals surface area contributed by atoms with Gasteiger partial charge in [-0.2, -0.15) is 0 Å². The van der Waals surface area contributed by atoms with Crippen molar-refractivity contribution in [1.82, 2.24) is 4.90 Å². The van der Waals surface area contributed by atoms with Gasteiger partial charge in [-0.15, -0.1) is 0 Å². The summed E-state index contributed by atoms with van der Waals surface area (Å²) < 4.78 is 0. The van der Waals surface area contributed by atoms with Gasteiger partial charge >= 0.3 is 0 Å². The molecule has 4 heteroatoms. The van der Waals surface area contributed by atoms with E-state index in [0.29, 0.717) is 16.3 Å². The zero-order chi connectivity index (χ0) is 14.5. The molecular weight excluding hydrogens is 272 g/mol. The van der Waals surface area contributed by atoms with E-state index in [9.17, 15) is 4.79 Å². The summed E-state index contributed by atoms with van der Waals surface area (Å²) >= 11 is 6.00. The van der Waals surface area contributed by atoms with E-state index in [0.717, 1.165) is 31.8 Å². The molecule has 1 amide bonds. The summed E-state index contributed by atoms with van der Waals surface area (Å²) in [5.41, 5.74) is 6.84. The topological polar surface area (TPSA) is 46.3 Å². The number of nitrogens with two attached hydrogens (primary N) is 1. The number of likely N-dealkylation sites (tertiary alicyclic amines) is 1. The SMILES string of the molecule is CCCC1CCCN(C(=O)c2ccc(N)c(Cl)c2)CC1. The van der Waals surface area contributed by atoms with Gasteiger partial charge in [-0.05, 0) is 43.4 Å². The third-order valence-electron chi connectivity index (χ3n) is 4.08. The number of benzene rings is 1. The minimum absolute atomic E-state index is 0.0732. The molecule has 1 atom stereocenters. The summed E-state index contributed by atoms with van der Waals surface area (Å²) in [6.07, 6.45) is 5.95. The van der Waals surface area contributed by atoms with Crippen molar-refractivity contribution in [2.24, 2.45) is 5.92 Å². The van der Waals surface area contributed by atoms with Gasteiger partial charge in [-0.25, -0.2) is 0 Å². The first kappa shape index (κ1) is 15.2. The predicted octanol–water partition coefficient (Wildman–Crippen LogP) is 3.96. The van der Waals surface area contributed by atoms with E-state index in [4.69, 9.17) is 17.3 Å². The molecule has 1 unspecified atom stereocenters. The second-order valence-corrected chi connectivity index (χ2v) is 6.02. The fraction of sp³-hybridized carbons (Fsp3) is 0.562. The second kappa shape index (κ2) is 6.98. The van der Waals surface area contributed by atoms with E-state index in [1.54, 1.807) is 18.2 Å². The van der Waals surface area contributed by atoms with Crippen LogP contribution in [-0.2, 0) is 0 Å². The fourth-order valence-corrected chi connectivity index (χ4v) is 3.09. The first-order valence-corrected chi connectivity index (χ1v) is 7.84. The number of anilines is 1. The fourth-order valence-electron chi connectivity index (χ4n) is 2.91. The number of nitrogen functional groups attached to an aromatic ring is 1. The Hall–Kier alpha value is -1.22. The number of halogens is 1. The highest BCUT2D eigenvalue weighted by Crippen LogP contribution is 2.24. The Morgan fingerprint density at radius 2 is 2.20 bits per heavy atom. The summed E-state index contributed by atoms with van der Waals surface area (Å²) in [5, 5.41) is 0.453. The number of amides is 1. The van der Waals surface area contributed by atoms with E-state index >= 15 is 0 Å². The monoisotopic (exact) mass is 294 g/mol. The van der Waals surface area contributed by atoms with E-state index in [1.807, 2.05) is 4.90 Å². The van der Waals surface area contributed by atoms with E-state index in [1.165, 1.54) is 19.3 Å². The average Bonchev–Trinajstić information content (AvgIpc) is 2.67. The molecule has 1 aliphatic heterocycles. The molecule has 2 rings (SSSR count). The smallest absolute Gasteiger partial charge is 0.253 e. The van der Waals surface area contributed by atoms with Crippen molar-refractivity contribution < 1.29 is 4.79 Å². The van der Waals surface area contributed by atoms with Gasteiger partial charge in [0, 0.05) is 18.7 Å².